The Balaban J connectivity index is 2.84. The van der Waals surface area contributed by atoms with Crippen LogP contribution in [0.5, 0.6) is 5.75 Å². The van der Waals surface area contributed by atoms with E-state index in [0.717, 1.165) is 12.0 Å². The molecule has 2 nitrogen and oxygen atoms in total. The summed E-state index contributed by atoms with van der Waals surface area (Å²) >= 11 is 0. The highest BCUT2D eigenvalue weighted by atomic mass is 16.3. The van der Waals surface area contributed by atoms with Gasteiger partial charge in [0, 0.05) is 11.8 Å². The fraction of sp³-hybridized carbons (Fsp3) is 0.417. The maximum atomic E-state index is 9.49. The number of phenols is 1. The number of para-hydroxylation sites is 1. The van der Waals surface area contributed by atoms with E-state index in [0.29, 0.717) is 0 Å². The third kappa shape index (κ3) is 2.87. The van der Waals surface area contributed by atoms with Gasteiger partial charge in [-0.25, -0.2) is 0 Å². The minimum Gasteiger partial charge on any atom is -0.507 e. The molecule has 1 aromatic rings. The van der Waals surface area contributed by atoms with Crippen LogP contribution in [-0.2, 0) is 0 Å². The van der Waals surface area contributed by atoms with E-state index in [1.165, 1.54) is 0 Å². The maximum absolute atomic E-state index is 9.49. The highest BCUT2D eigenvalue weighted by Gasteiger charge is 2.11. The van der Waals surface area contributed by atoms with Gasteiger partial charge < -0.3 is 5.11 Å². The largest absolute Gasteiger partial charge is 0.507 e. The fourth-order valence-corrected chi connectivity index (χ4v) is 0.932. The zero-order valence-electron chi connectivity index (χ0n) is 8.99. The topological polar surface area (TPSA) is 32.6 Å². The average Bonchev–Trinajstić information content (AvgIpc) is 2.17. The van der Waals surface area contributed by atoms with Gasteiger partial charge in [0.15, 0.2) is 0 Å². The summed E-state index contributed by atoms with van der Waals surface area (Å²) in [4.78, 5) is 4.42. The second kappa shape index (κ2) is 4.27. The van der Waals surface area contributed by atoms with Crippen LogP contribution in [0.25, 0.3) is 0 Å². The number of nitrogens with zero attached hydrogens (tertiary/aromatic N) is 1. The summed E-state index contributed by atoms with van der Waals surface area (Å²) in [5, 5.41) is 9.49. The smallest absolute Gasteiger partial charge is 0.124 e. The van der Waals surface area contributed by atoms with E-state index < -0.39 is 0 Å². The standard InChI is InChI=1S/C12H17NO/c1-4-12(2,3)13-9-10-7-5-6-8-11(10)14/h5-9,14H,4H2,1-3H3. The van der Waals surface area contributed by atoms with Crippen LogP contribution in [0.4, 0.5) is 0 Å². The van der Waals surface area contributed by atoms with Gasteiger partial charge in [0.05, 0.1) is 5.54 Å². The van der Waals surface area contributed by atoms with Crippen LogP contribution in [0.3, 0.4) is 0 Å². The van der Waals surface area contributed by atoms with Crippen LogP contribution in [0.15, 0.2) is 29.3 Å². The molecule has 14 heavy (non-hydrogen) atoms. The zero-order chi connectivity index (χ0) is 10.6. The molecule has 0 saturated carbocycles. The Hall–Kier alpha value is -1.31. The summed E-state index contributed by atoms with van der Waals surface area (Å²) < 4.78 is 0. The van der Waals surface area contributed by atoms with Crippen LogP contribution in [-0.4, -0.2) is 16.9 Å². The molecule has 2 heteroatoms. The van der Waals surface area contributed by atoms with Crippen molar-refractivity contribution in [3.05, 3.63) is 29.8 Å². The van der Waals surface area contributed by atoms with E-state index in [1.807, 2.05) is 12.1 Å². The van der Waals surface area contributed by atoms with Crippen molar-refractivity contribution in [2.75, 3.05) is 0 Å². The molecule has 0 saturated heterocycles. The lowest BCUT2D eigenvalue weighted by molar-refractivity contribution is 0.473. The third-order valence-electron chi connectivity index (χ3n) is 2.36. The summed E-state index contributed by atoms with van der Waals surface area (Å²) in [7, 11) is 0. The van der Waals surface area contributed by atoms with Gasteiger partial charge in [-0.3, -0.25) is 4.99 Å². The number of hydrogen-bond donors (Lipinski definition) is 1. The van der Waals surface area contributed by atoms with Gasteiger partial charge in [-0.1, -0.05) is 19.1 Å². The highest BCUT2D eigenvalue weighted by Crippen LogP contribution is 2.16. The molecule has 0 atom stereocenters. The molecule has 0 radical (unpaired) electrons. The Bertz CT molecular complexity index is 329. The Morgan fingerprint density at radius 3 is 2.57 bits per heavy atom. The molecule has 0 aliphatic carbocycles. The van der Waals surface area contributed by atoms with Gasteiger partial charge in [-0.2, -0.15) is 0 Å². The third-order valence-corrected chi connectivity index (χ3v) is 2.36. The predicted molar refractivity (Wildman–Crippen MR) is 60.1 cm³/mol. The number of rotatable bonds is 3. The number of phenolic OH excluding ortho intramolecular Hbond substituents is 1. The van der Waals surface area contributed by atoms with E-state index in [4.69, 9.17) is 0 Å². The van der Waals surface area contributed by atoms with Crippen LogP contribution < -0.4 is 0 Å². The summed E-state index contributed by atoms with van der Waals surface area (Å²) in [5.74, 6) is 0.281. The van der Waals surface area contributed by atoms with Crippen molar-refractivity contribution in [1.82, 2.24) is 0 Å². The van der Waals surface area contributed by atoms with Gasteiger partial charge in [0.2, 0.25) is 0 Å². The van der Waals surface area contributed by atoms with E-state index >= 15 is 0 Å². The molecule has 0 unspecified atom stereocenters. The molecule has 0 amide bonds. The Labute approximate surface area is 85.3 Å². The van der Waals surface area contributed by atoms with Crippen molar-refractivity contribution in [1.29, 1.82) is 0 Å². The van der Waals surface area contributed by atoms with Gasteiger partial charge in [0.1, 0.15) is 5.75 Å². The first-order valence-electron chi connectivity index (χ1n) is 4.88. The van der Waals surface area contributed by atoms with Crippen molar-refractivity contribution in [3.63, 3.8) is 0 Å². The Morgan fingerprint density at radius 2 is 2.00 bits per heavy atom. The van der Waals surface area contributed by atoms with Gasteiger partial charge in [-0.15, -0.1) is 0 Å². The molecule has 1 rings (SSSR count). The lowest BCUT2D eigenvalue weighted by Gasteiger charge is -2.16. The molecule has 0 aliphatic rings. The van der Waals surface area contributed by atoms with Crippen LogP contribution in [0, 0.1) is 0 Å². The van der Waals surface area contributed by atoms with Crippen LogP contribution >= 0.6 is 0 Å². The molecular formula is C12H17NO. The van der Waals surface area contributed by atoms with Crippen molar-refractivity contribution in [2.24, 2.45) is 4.99 Å². The Morgan fingerprint density at radius 1 is 1.36 bits per heavy atom. The summed E-state index contributed by atoms with van der Waals surface area (Å²) in [5.41, 5.74) is 0.719. The molecule has 0 aromatic heterocycles. The quantitative estimate of drug-likeness (QED) is 0.732. The first-order valence-corrected chi connectivity index (χ1v) is 4.88. The minimum absolute atomic E-state index is 0.0533. The summed E-state index contributed by atoms with van der Waals surface area (Å²) in [6.45, 7) is 6.25. The van der Waals surface area contributed by atoms with E-state index in [9.17, 15) is 5.11 Å². The number of aliphatic imine (C=N–C) groups is 1. The molecule has 0 heterocycles. The maximum Gasteiger partial charge on any atom is 0.124 e. The summed E-state index contributed by atoms with van der Waals surface area (Å²) in [6.07, 6.45) is 2.72. The van der Waals surface area contributed by atoms with Gasteiger partial charge in [0.25, 0.3) is 0 Å². The first kappa shape index (κ1) is 10.8. The monoisotopic (exact) mass is 191 g/mol. The number of hydrogen-bond acceptors (Lipinski definition) is 2. The Kier molecular flexibility index (Phi) is 3.28. The fourth-order valence-electron chi connectivity index (χ4n) is 0.932. The number of benzene rings is 1. The van der Waals surface area contributed by atoms with Crippen LogP contribution in [0.2, 0.25) is 0 Å². The van der Waals surface area contributed by atoms with Crippen molar-refractivity contribution in [3.8, 4) is 5.75 Å². The molecule has 0 spiro atoms. The predicted octanol–water partition coefficient (Wildman–Crippen LogP) is 3.00. The minimum atomic E-state index is -0.0533. The molecule has 76 valence electrons. The molecule has 0 aliphatic heterocycles. The zero-order valence-corrected chi connectivity index (χ0v) is 8.99. The SMILES string of the molecule is CCC(C)(C)N=Cc1ccccc1O. The van der Waals surface area contributed by atoms with Crippen molar-refractivity contribution < 1.29 is 5.11 Å². The van der Waals surface area contributed by atoms with Gasteiger partial charge in [-0.05, 0) is 32.4 Å². The molecule has 1 N–H and O–H groups in total. The van der Waals surface area contributed by atoms with Crippen LogP contribution in [0.1, 0.15) is 32.8 Å². The second-order valence-electron chi connectivity index (χ2n) is 3.98. The molecule has 0 bridgehead atoms. The lowest BCUT2D eigenvalue weighted by Crippen LogP contribution is -2.14. The van der Waals surface area contributed by atoms with Gasteiger partial charge >= 0.3 is 0 Å². The summed E-state index contributed by atoms with van der Waals surface area (Å²) in [6, 6.07) is 7.21. The lowest BCUT2D eigenvalue weighted by atomic mass is 10.0. The van der Waals surface area contributed by atoms with E-state index in [-0.39, 0.29) is 11.3 Å². The highest BCUT2D eigenvalue weighted by molar-refractivity contribution is 5.83. The van der Waals surface area contributed by atoms with Crippen molar-refractivity contribution in [2.45, 2.75) is 32.7 Å². The van der Waals surface area contributed by atoms with E-state index in [2.05, 4.69) is 25.8 Å². The first-order chi connectivity index (χ1) is 6.55. The normalized spacial score (nSPS) is 12.2. The molecule has 1 aromatic carbocycles. The molecule has 0 fully saturated rings. The second-order valence-corrected chi connectivity index (χ2v) is 3.98. The number of aromatic hydroxyl groups is 1. The average molecular weight is 191 g/mol. The van der Waals surface area contributed by atoms with E-state index in [1.54, 1.807) is 18.3 Å². The van der Waals surface area contributed by atoms with Crippen molar-refractivity contribution >= 4 is 6.21 Å². The molecular weight excluding hydrogens is 174 g/mol.